The maximum Gasteiger partial charge on any atom is 0.221 e. The van der Waals surface area contributed by atoms with E-state index < -0.39 is 0 Å². The van der Waals surface area contributed by atoms with Gasteiger partial charge in [0.25, 0.3) is 0 Å². The molecule has 2 aliphatic heterocycles. The number of fused-ring (bicyclic) bond motifs is 2. The topological polar surface area (TPSA) is 124 Å². The molecule has 0 saturated carbocycles. The summed E-state index contributed by atoms with van der Waals surface area (Å²) in [4.78, 5) is 31.2. The molecule has 2 aromatic heterocycles. The molecule has 1 amide bonds. The molecule has 0 aliphatic carbocycles. The quantitative estimate of drug-likeness (QED) is 0.363. The third-order valence-electron chi connectivity index (χ3n) is 6.71. The highest BCUT2D eigenvalue weighted by molar-refractivity contribution is 6.06. The van der Waals surface area contributed by atoms with Crippen molar-refractivity contribution in [2.45, 2.75) is 19.0 Å². The fourth-order valence-electron chi connectivity index (χ4n) is 4.95. The van der Waals surface area contributed by atoms with Crippen LogP contribution in [-0.4, -0.2) is 44.8 Å². The van der Waals surface area contributed by atoms with E-state index in [9.17, 15) is 4.79 Å². The van der Waals surface area contributed by atoms with E-state index in [1.165, 1.54) is 0 Å². The Morgan fingerprint density at radius 1 is 1.11 bits per heavy atom. The maximum absolute atomic E-state index is 11.8. The lowest BCUT2D eigenvalue weighted by Crippen LogP contribution is -2.44. The lowest BCUT2D eigenvalue weighted by Gasteiger charge is -2.36. The first kappa shape index (κ1) is 21.3. The second kappa shape index (κ2) is 8.84. The van der Waals surface area contributed by atoms with Crippen LogP contribution in [0.1, 0.15) is 24.7 Å². The molecule has 2 unspecified atom stereocenters. The van der Waals surface area contributed by atoms with Crippen LogP contribution >= 0.6 is 0 Å². The summed E-state index contributed by atoms with van der Waals surface area (Å²) in [6.45, 7) is 1.42. The van der Waals surface area contributed by atoms with Crippen LogP contribution in [-0.2, 0) is 4.79 Å². The molecule has 0 spiro atoms. The molecule has 1 saturated heterocycles. The van der Waals surface area contributed by atoms with E-state index >= 15 is 0 Å². The number of pyridine rings is 1. The number of aliphatic imine (C=N–C) groups is 1. The Bertz CT molecular complexity index is 1410. The molecule has 2 aliphatic rings. The van der Waals surface area contributed by atoms with Gasteiger partial charge in [0.2, 0.25) is 11.9 Å². The van der Waals surface area contributed by atoms with Crippen LogP contribution in [0, 0.1) is 5.92 Å². The van der Waals surface area contributed by atoms with E-state index in [1.807, 2.05) is 42.6 Å². The highest BCUT2D eigenvalue weighted by Crippen LogP contribution is 2.34. The Labute approximate surface area is 202 Å². The standard InChI is InChI=1S/C26H26N8O/c27-23(35)17-7-4-12-34(14-17)25-22-24(30-15-29-22)32-26(33-25)31-18-8-9-21-20(13-18)19(10-11-28-21)16-5-2-1-3-6-16/h1-3,5-6,8-11,13,15,17,25H,4,7,12,14H2,(H2,27,35)(H,29,30)(H2,31,32,33). The Morgan fingerprint density at radius 3 is 2.86 bits per heavy atom. The van der Waals surface area contributed by atoms with Gasteiger partial charge in [0.1, 0.15) is 0 Å². The van der Waals surface area contributed by atoms with Crippen molar-refractivity contribution in [2.75, 3.05) is 23.7 Å². The highest BCUT2D eigenvalue weighted by atomic mass is 16.1. The van der Waals surface area contributed by atoms with Crippen molar-refractivity contribution in [3.63, 3.8) is 0 Å². The number of H-pyrrole nitrogens is 1. The van der Waals surface area contributed by atoms with Crippen LogP contribution in [0.25, 0.3) is 22.0 Å². The van der Waals surface area contributed by atoms with Gasteiger partial charge in [-0.3, -0.25) is 14.7 Å². The number of primary amides is 1. The number of hydrogen-bond donors (Lipinski definition) is 4. The maximum atomic E-state index is 11.8. The van der Waals surface area contributed by atoms with Crippen molar-refractivity contribution in [2.24, 2.45) is 16.6 Å². The first-order chi connectivity index (χ1) is 17.2. The van der Waals surface area contributed by atoms with Gasteiger partial charge in [0, 0.05) is 30.4 Å². The first-order valence-electron chi connectivity index (χ1n) is 11.8. The van der Waals surface area contributed by atoms with E-state index in [0.29, 0.717) is 12.5 Å². The van der Waals surface area contributed by atoms with Crippen molar-refractivity contribution in [3.8, 4) is 11.1 Å². The number of nitrogens with zero attached hydrogens (tertiary/aromatic N) is 4. The predicted octanol–water partition coefficient (Wildman–Crippen LogP) is 3.71. The number of imidazole rings is 1. The minimum Gasteiger partial charge on any atom is -0.369 e. The molecule has 35 heavy (non-hydrogen) atoms. The highest BCUT2D eigenvalue weighted by Gasteiger charge is 2.34. The molecule has 1 fully saturated rings. The average molecular weight is 467 g/mol. The monoisotopic (exact) mass is 466 g/mol. The summed E-state index contributed by atoms with van der Waals surface area (Å²) in [7, 11) is 0. The molecule has 0 bridgehead atoms. The Balaban J connectivity index is 1.32. The third kappa shape index (κ3) is 4.10. The van der Waals surface area contributed by atoms with E-state index in [1.54, 1.807) is 6.33 Å². The number of aromatic amines is 1. The van der Waals surface area contributed by atoms with Gasteiger partial charge in [0.15, 0.2) is 12.0 Å². The smallest absolute Gasteiger partial charge is 0.221 e. The van der Waals surface area contributed by atoms with E-state index in [0.717, 1.165) is 58.6 Å². The van der Waals surface area contributed by atoms with Crippen molar-refractivity contribution in [1.29, 1.82) is 0 Å². The van der Waals surface area contributed by atoms with Gasteiger partial charge in [-0.05, 0) is 48.2 Å². The number of carbonyl (C=O) groups is 1. The lowest BCUT2D eigenvalue weighted by atomic mass is 9.96. The zero-order chi connectivity index (χ0) is 23.8. The molecule has 2 atom stereocenters. The number of anilines is 2. The molecule has 4 aromatic rings. The van der Waals surface area contributed by atoms with Crippen LogP contribution in [0.5, 0.6) is 0 Å². The van der Waals surface area contributed by atoms with Gasteiger partial charge < -0.3 is 21.4 Å². The number of rotatable bonds is 4. The van der Waals surface area contributed by atoms with Crippen molar-refractivity contribution >= 4 is 34.3 Å². The SMILES string of the molecule is NC(=O)C1CCCN(C2N=C(Nc3ccc4nccc(-c5ccccc5)c4c3)Nc3nc[nH]c32)C1. The minimum atomic E-state index is -0.277. The molecular formula is C26H26N8O. The summed E-state index contributed by atoms with van der Waals surface area (Å²) in [5.41, 5.74) is 10.6. The normalized spacial score (nSPS) is 20.1. The summed E-state index contributed by atoms with van der Waals surface area (Å²) < 4.78 is 0. The Hall–Kier alpha value is -4.24. The third-order valence-corrected chi connectivity index (χ3v) is 6.71. The summed E-state index contributed by atoms with van der Waals surface area (Å²) in [6.07, 6.45) is 4.94. The van der Waals surface area contributed by atoms with E-state index in [4.69, 9.17) is 10.7 Å². The molecule has 0 radical (unpaired) electrons. The first-order valence-corrected chi connectivity index (χ1v) is 11.8. The van der Waals surface area contributed by atoms with Crippen molar-refractivity contribution in [1.82, 2.24) is 19.9 Å². The summed E-state index contributed by atoms with van der Waals surface area (Å²) in [6, 6.07) is 18.4. The van der Waals surface area contributed by atoms with Crippen LogP contribution in [0.3, 0.4) is 0 Å². The number of carbonyl (C=O) groups excluding carboxylic acids is 1. The molecule has 9 nitrogen and oxygen atoms in total. The number of hydrogen-bond acceptors (Lipinski definition) is 7. The lowest BCUT2D eigenvalue weighted by molar-refractivity contribution is -0.123. The number of nitrogens with two attached hydrogens (primary N) is 1. The Kier molecular flexibility index (Phi) is 5.38. The fourth-order valence-corrected chi connectivity index (χ4v) is 4.95. The van der Waals surface area contributed by atoms with Crippen LogP contribution in [0.2, 0.25) is 0 Å². The van der Waals surface area contributed by atoms with Gasteiger partial charge in [0.05, 0.1) is 23.5 Å². The zero-order valence-electron chi connectivity index (χ0n) is 19.1. The summed E-state index contributed by atoms with van der Waals surface area (Å²) in [5, 5.41) is 7.76. The summed E-state index contributed by atoms with van der Waals surface area (Å²) in [5.74, 6) is 0.900. The van der Waals surface area contributed by atoms with Gasteiger partial charge in [-0.25, -0.2) is 9.98 Å². The van der Waals surface area contributed by atoms with Crippen molar-refractivity contribution in [3.05, 3.63) is 72.8 Å². The Morgan fingerprint density at radius 2 is 2.00 bits per heavy atom. The fraction of sp³-hybridized carbons (Fsp3) is 0.231. The van der Waals surface area contributed by atoms with Crippen LogP contribution in [0.4, 0.5) is 11.5 Å². The molecular weight excluding hydrogens is 440 g/mol. The second-order valence-electron chi connectivity index (χ2n) is 8.96. The van der Waals surface area contributed by atoms with Crippen LogP contribution in [0.15, 0.2) is 72.1 Å². The number of nitrogens with one attached hydrogen (secondary N) is 3. The van der Waals surface area contributed by atoms with Gasteiger partial charge in [-0.2, -0.15) is 0 Å². The minimum absolute atomic E-state index is 0.166. The molecule has 9 heteroatoms. The van der Waals surface area contributed by atoms with E-state index in [2.05, 4.69) is 48.7 Å². The zero-order valence-corrected chi connectivity index (χ0v) is 19.1. The molecule has 4 heterocycles. The molecule has 176 valence electrons. The average Bonchev–Trinajstić information content (AvgIpc) is 3.37. The van der Waals surface area contributed by atoms with Crippen LogP contribution < -0.4 is 16.4 Å². The van der Waals surface area contributed by atoms with E-state index in [-0.39, 0.29) is 18.0 Å². The second-order valence-corrected chi connectivity index (χ2v) is 8.96. The molecule has 6 rings (SSSR count). The predicted molar refractivity (Wildman–Crippen MR) is 137 cm³/mol. The number of guanidine groups is 1. The number of aromatic nitrogens is 3. The number of likely N-dealkylation sites (tertiary alicyclic amines) is 1. The number of benzene rings is 2. The van der Waals surface area contributed by atoms with Gasteiger partial charge in [-0.15, -0.1) is 0 Å². The number of piperidine rings is 1. The summed E-state index contributed by atoms with van der Waals surface area (Å²) >= 11 is 0. The van der Waals surface area contributed by atoms with Crippen molar-refractivity contribution < 1.29 is 4.79 Å². The molecule has 2 aromatic carbocycles. The largest absolute Gasteiger partial charge is 0.369 e. The van der Waals surface area contributed by atoms with Gasteiger partial charge >= 0.3 is 0 Å². The number of amides is 1. The van der Waals surface area contributed by atoms with Gasteiger partial charge in [-0.1, -0.05) is 30.3 Å². The molecule has 5 N–H and O–H groups in total.